The molecule has 0 saturated heterocycles. The van der Waals surface area contributed by atoms with Crippen molar-refractivity contribution in [3.8, 4) is 11.5 Å². The highest BCUT2D eigenvalue weighted by Crippen LogP contribution is 2.34. The molecule has 2 rings (SSSR count). The van der Waals surface area contributed by atoms with Gasteiger partial charge in [-0.15, -0.1) is 0 Å². The molecule has 1 aliphatic rings. The highest BCUT2D eigenvalue weighted by Gasteiger charge is 2.15. The third-order valence-electron chi connectivity index (χ3n) is 3.24. The van der Waals surface area contributed by atoms with Gasteiger partial charge < -0.3 is 20.1 Å². The molecule has 2 amide bonds. The summed E-state index contributed by atoms with van der Waals surface area (Å²) in [4.78, 5) is 12.0. The van der Waals surface area contributed by atoms with Gasteiger partial charge >= 0.3 is 6.03 Å². The highest BCUT2D eigenvalue weighted by atomic mass is 16.7. The van der Waals surface area contributed by atoms with Crippen LogP contribution in [0.4, 0.5) is 10.5 Å². The highest BCUT2D eigenvalue weighted by molar-refractivity contribution is 5.89. The fraction of sp³-hybridized carbons (Fsp3) is 0.533. The molecule has 1 aromatic rings. The summed E-state index contributed by atoms with van der Waals surface area (Å²) in [6, 6.07) is 5.45. The average Bonchev–Trinajstić information content (AvgIpc) is 2.86. The summed E-state index contributed by atoms with van der Waals surface area (Å²) in [5.41, 5.74) is 0.707. The smallest absolute Gasteiger partial charge is 0.319 e. The van der Waals surface area contributed by atoms with Gasteiger partial charge in [0.25, 0.3) is 0 Å². The summed E-state index contributed by atoms with van der Waals surface area (Å²) in [5, 5.41) is 5.85. The van der Waals surface area contributed by atoms with Crippen LogP contribution in [0.1, 0.15) is 39.5 Å². The summed E-state index contributed by atoms with van der Waals surface area (Å²) in [7, 11) is 0. The largest absolute Gasteiger partial charge is 0.454 e. The van der Waals surface area contributed by atoms with E-state index in [9.17, 15) is 4.79 Å². The van der Waals surface area contributed by atoms with E-state index in [-0.39, 0.29) is 18.9 Å². The molecule has 1 aliphatic heterocycles. The maximum atomic E-state index is 12.0. The topological polar surface area (TPSA) is 59.6 Å². The van der Waals surface area contributed by atoms with Crippen LogP contribution in [0.15, 0.2) is 18.2 Å². The lowest BCUT2D eigenvalue weighted by Gasteiger charge is -2.17. The lowest BCUT2D eigenvalue weighted by atomic mass is 10.1. The fourth-order valence-electron chi connectivity index (χ4n) is 2.31. The van der Waals surface area contributed by atoms with Crippen molar-refractivity contribution in [3.05, 3.63) is 18.2 Å². The molecule has 0 saturated carbocycles. The Bertz CT molecular complexity index is 456. The zero-order valence-electron chi connectivity index (χ0n) is 12.1. The minimum atomic E-state index is -0.171. The maximum absolute atomic E-state index is 12.0. The van der Waals surface area contributed by atoms with Crippen LogP contribution >= 0.6 is 0 Å². The molecule has 0 aliphatic carbocycles. The Morgan fingerprint density at radius 2 is 1.90 bits per heavy atom. The first-order chi connectivity index (χ1) is 9.72. The Kier molecular flexibility index (Phi) is 5.09. The molecule has 0 fully saturated rings. The van der Waals surface area contributed by atoms with Crippen LogP contribution in [0.25, 0.3) is 0 Å². The minimum Gasteiger partial charge on any atom is -0.454 e. The van der Waals surface area contributed by atoms with Crippen LogP contribution in [-0.4, -0.2) is 18.9 Å². The number of anilines is 1. The van der Waals surface area contributed by atoms with Crippen molar-refractivity contribution < 1.29 is 14.3 Å². The molecular weight excluding hydrogens is 256 g/mol. The van der Waals surface area contributed by atoms with Crippen LogP contribution in [0.5, 0.6) is 11.5 Å². The Hall–Kier alpha value is -1.91. The van der Waals surface area contributed by atoms with Crippen molar-refractivity contribution >= 4 is 11.7 Å². The van der Waals surface area contributed by atoms with E-state index in [0.717, 1.165) is 25.7 Å². The Morgan fingerprint density at radius 3 is 2.60 bits per heavy atom. The Balaban J connectivity index is 1.90. The molecule has 5 heteroatoms. The molecule has 1 aromatic carbocycles. The number of benzene rings is 1. The quantitative estimate of drug-likeness (QED) is 0.837. The van der Waals surface area contributed by atoms with E-state index in [0.29, 0.717) is 17.2 Å². The van der Waals surface area contributed by atoms with Crippen molar-refractivity contribution in [1.82, 2.24) is 5.32 Å². The van der Waals surface area contributed by atoms with Crippen LogP contribution in [0, 0.1) is 0 Å². The van der Waals surface area contributed by atoms with E-state index in [2.05, 4.69) is 24.5 Å². The number of hydrogen-bond donors (Lipinski definition) is 2. The average molecular weight is 278 g/mol. The summed E-state index contributed by atoms with van der Waals surface area (Å²) >= 11 is 0. The Morgan fingerprint density at radius 1 is 1.20 bits per heavy atom. The van der Waals surface area contributed by atoms with Crippen molar-refractivity contribution in [2.75, 3.05) is 12.1 Å². The van der Waals surface area contributed by atoms with Crippen LogP contribution in [-0.2, 0) is 0 Å². The molecule has 0 unspecified atom stereocenters. The lowest BCUT2D eigenvalue weighted by Crippen LogP contribution is -2.37. The SMILES string of the molecule is CCCC(CCC)NC(=O)Nc1ccc2c(c1)OCO2. The van der Waals surface area contributed by atoms with Crippen molar-refractivity contribution in [2.24, 2.45) is 0 Å². The van der Waals surface area contributed by atoms with Gasteiger partial charge in [0.1, 0.15) is 0 Å². The van der Waals surface area contributed by atoms with Crippen LogP contribution < -0.4 is 20.1 Å². The van der Waals surface area contributed by atoms with Gasteiger partial charge in [-0.25, -0.2) is 4.79 Å². The lowest BCUT2D eigenvalue weighted by molar-refractivity contribution is 0.174. The molecule has 0 aromatic heterocycles. The van der Waals surface area contributed by atoms with Gasteiger partial charge in [0.2, 0.25) is 6.79 Å². The minimum absolute atomic E-state index is 0.171. The maximum Gasteiger partial charge on any atom is 0.319 e. The van der Waals surface area contributed by atoms with E-state index in [1.54, 1.807) is 12.1 Å². The van der Waals surface area contributed by atoms with Gasteiger partial charge in [0.05, 0.1) is 0 Å². The third kappa shape index (κ3) is 3.79. The van der Waals surface area contributed by atoms with Gasteiger partial charge in [0.15, 0.2) is 11.5 Å². The molecule has 2 N–H and O–H groups in total. The van der Waals surface area contributed by atoms with Gasteiger partial charge in [-0.2, -0.15) is 0 Å². The zero-order chi connectivity index (χ0) is 14.4. The molecule has 0 radical (unpaired) electrons. The predicted octanol–water partition coefficient (Wildman–Crippen LogP) is 3.51. The number of hydrogen-bond acceptors (Lipinski definition) is 3. The number of carbonyl (C=O) groups excluding carboxylic acids is 1. The molecular formula is C15H22N2O3. The number of urea groups is 1. The van der Waals surface area contributed by atoms with Crippen molar-refractivity contribution in [2.45, 2.75) is 45.6 Å². The van der Waals surface area contributed by atoms with Crippen LogP contribution in [0.2, 0.25) is 0 Å². The fourth-order valence-corrected chi connectivity index (χ4v) is 2.31. The predicted molar refractivity (Wildman–Crippen MR) is 78.3 cm³/mol. The monoisotopic (exact) mass is 278 g/mol. The molecule has 20 heavy (non-hydrogen) atoms. The van der Waals surface area contributed by atoms with E-state index >= 15 is 0 Å². The first-order valence-electron chi connectivity index (χ1n) is 7.20. The molecule has 0 atom stereocenters. The first-order valence-corrected chi connectivity index (χ1v) is 7.20. The number of amides is 2. The number of carbonyl (C=O) groups is 1. The Labute approximate surface area is 119 Å². The normalized spacial score (nSPS) is 12.6. The summed E-state index contributed by atoms with van der Waals surface area (Å²) in [6.45, 7) is 4.49. The number of rotatable bonds is 6. The van der Waals surface area contributed by atoms with Crippen molar-refractivity contribution in [1.29, 1.82) is 0 Å². The summed E-state index contributed by atoms with van der Waals surface area (Å²) in [6.07, 6.45) is 4.13. The van der Waals surface area contributed by atoms with E-state index in [1.165, 1.54) is 0 Å². The number of fused-ring (bicyclic) bond motifs is 1. The summed E-state index contributed by atoms with van der Waals surface area (Å²) < 4.78 is 10.5. The second-order valence-corrected chi connectivity index (χ2v) is 4.94. The number of nitrogens with one attached hydrogen (secondary N) is 2. The molecule has 1 heterocycles. The van der Waals surface area contributed by atoms with Gasteiger partial charge in [-0.3, -0.25) is 0 Å². The second-order valence-electron chi connectivity index (χ2n) is 4.94. The second kappa shape index (κ2) is 7.03. The zero-order valence-corrected chi connectivity index (χ0v) is 12.1. The van der Waals surface area contributed by atoms with E-state index < -0.39 is 0 Å². The molecule has 0 bridgehead atoms. The van der Waals surface area contributed by atoms with Gasteiger partial charge in [0, 0.05) is 17.8 Å². The summed E-state index contributed by atoms with van der Waals surface area (Å²) in [5.74, 6) is 1.38. The van der Waals surface area contributed by atoms with Gasteiger partial charge in [-0.05, 0) is 25.0 Å². The standard InChI is InChI=1S/C15H22N2O3/c1-3-5-11(6-4-2)16-15(18)17-12-7-8-13-14(9-12)20-10-19-13/h7-9,11H,3-6,10H2,1-2H3,(H2,16,17,18). The third-order valence-corrected chi connectivity index (χ3v) is 3.24. The molecule has 110 valence electrons. The van der Waals surface area contributed by atoms with Crippen LogP contribution in [0.3, 0.4) is 0 Å². The first kappa shape index (κ1) is 14.5. The van der Waals surface area contributed by atoms with Crippen molar-refractivity contribution in [3.63, 3.8) is 0 Å². The number of ether oxygens (including phenoxy) is 2. The molecule has 5 nitrogen and oxygen atoms in total. The van der Waals surface area contributed by atoms with E-state index in [1.807, 2.05) is 6.07 Å². The van der Waals surface area contributed by atoms with Gasteiger partial charge in [-0.1, -0.05) is 26.7 Å². The molecule has 0 spiro atoms. The van der Waals surface area contributed by atoms with E-state index in [4.69, 9.17) is 9.47 Å².